The van der Waals surface area contributed by atoms with Crippen LogP contribution in [0.25, 0.3) is 0 Å². The molecule has 2 aliphatic heterocycles. The molecule has 1 N–H and O–H groups in total. The third-order valence-corrected chi connectivity index (χ3v) is 3.64. The molecule has 2 heterocycles. The zero-order valence-corrected chi connectivity index (χ0v) is 7.42. The Bertz CT molecular complexity index is 213. The van der Waals surface area contributed by atoms with Crippen LogP contribution < -0.4 is 0 Å². The Kier molecular flexibility index (Phi) is 1.65. The van der Waals surface area contributed by atoms with Gasteiger partial charge in [0, 0.05) is 6.04 Å². The molecule has 12 heavy (non-hydrogen) atoms. The van der Waals surface area contributed by atoms with Crippen molar-refractivity contribution in [3.05, 3.63) is 0 Å². The highest BCUT2D eigenvalue weighted by Crippen LogP contribution is 2.42. The van der Waals surface area contributed by atoms with Gasteiger partial charge in [0.25, 0.3) is 0 Å². The van der Waals surface area contributed by atoms with Gasteiger partial charge in [-0.2, -0.15) is 0 Å². The lowest BCUT2D eigenvalue weighted by Gasteiger charge is -2.39. The van der Waals surface area contributed by atoms with E-state index in [1.165, 1.54) is 6.42 Å². The fourth-order valence-corrected chi connectivity index (χ4v) is 2.76. The Balaban J connectivity index is 2.29. The average Bonchev–Trinajstić information content (AvgIpc) is 2.28. The van der Waals surface area contributed by atoms with E-state index < -0.39 is 11.5 Å². The molecule has 0 radical (unpaired) electrons. The zero-order chi connectivity index (χ0) is 8.77. The predicted octanol–water partition coefficient (Wildman–Crippen LogP) is 1.09. The third-order valence-electron chi connectivity index (χ3n) is 3.64. The highest BCUT2D eigenvalue weighted by atomic mass is 16.4. The molecular formula is C9H15NO2. The van der Waals surface area contributed by atoms with Gasteiger partial charge in [-0.15, -0.1) is 0 Å². The van der Waals surface area contributed by atoms with E-state index in [4.69, 9.17) is 5.11 Å². The molecule has 2 atom stereocenters. The summed E-state index contributed by atoms with van der Waals surface area (Å²) in [6.45, 7) is 0. The van der Waals surface area contributed by atoms with Gasteiger partial charge < -0.3 is 5.11 Å². The first kappa shape index (κ1) is 8.05. The normalized spacial score (nSPS) is 41.6. The lowest BCUT2D eigenvalue weighted by atomic mass is 9.89. The standard InChI is InChI=1S/C9H15NO2/c1-10-7-3-2-5-9(10,6-4-7)8(11)12/h7H,2-6H2,1H3,(H,11,12)/t7-,9+/m1/s1. The molecule has 2 saturated heterocycles. The van der Waals surface area contributed by atoms with Crippen LogP contribution in [0.3, 0.4) is 0 Å². The summed E-state index contributed by atoms with van der Waals surface area (Å²) >= 11 is 0. The van der Waals surface area contributed by atoms with Crippen molar-refractivity contribution in [2.24, 2.45) is 0 Å². The van der Waals surface area contributed by atoms with Gasteiger partial charge in [0.15, 0.2) is 0 Å². The molecule has 0 unspecified atom stereocenters. The first-order chi connectivity index (χ1) is 5.67. The highest BCUT2D eigenvalue weighted by molar-refractivity contribution is 5.79. The second kappa shape index (κ2) is 2.46. The lowest BCUT2D eigenvalue weighted by Crippen LogP contribution is -2.53. The van der Waals surface area contributed by atoms with Gasteiger partial charge in [-0.3, -0.25) is 9.69 Å². The molecule has 0 aliphatic carbocycles. The van der Waals surface area contributed by atoms with Gasteiger partial charge in [-0.25, -0.2) is 0 Å². The van der Waals surface area contributed by atoms with Crippen molar-refractivity contribution in [2.75, 3.05) is 7.05 Å². The molecular weight excluding hydrogens is 154 g/mol. The van der Waals surface area contributed by atoms with Crippen molar-refractivity contribution in [3.8, 4) is 0 Å². The minimum atomic E-state index is -0.618. The summed E-state index contributed by atoms with van der Waals surface area (Å²) in [4.78, 5) is 13.2. The molecule has 2 rings (SSSR count). The molecule has 3 heteroatoms. The number of hydrogen-bond donors (Lipinski definition) is 1. The number of likely N-dealkylation sites (N-methyl/N-ethyl adjacent to an activating group) is 1. The Morgan fingerprint density at radius 1 is 1.50 bits per heavy atom. The lowest BCUT2D eigenvalue weighted by molar-refractivity contribution is -0.151. The monoisotopic (exact) mass is 169 g/mol. The largest absolute Gasteiger partial charge is 0.480 e. The quantitative estimate of drug-likeness (QED) is 0.638. The molecule has 2 aliphatic rings. The zero-order valence-electron chi connectivity index (χ0n) is 7.42. The molecule has 2 fully saturated rings. The number of carboxylic acids is 1. The second-order valence-electron chi connectivity index (χ2n) is 4.03. The molecule has 0 saturated carbocycles. The van der Waals surface area contributed by atoms with Crippen LogP contribution in [0.5, 0.6) is 0 Å². The Labute approximate surface area is 72.4 Å². The van der Waals surface area contributed by atoms with Crippen LogP contribution in [0, 0.1) is 0 Å². The first-order valence-electron chi connectivity index (χ1n) is 4.63. The van der Waals surface area contributed by atoms with Gasteiger partial charge in [-0.05, 0) is 39.2 Å². The molecule has 3 nitrogen and oxygen atoms in total. The van der Waals surface area contributed by atoms with Gasteiger partial charge in [0.05, 0.1) is 0 Å². The molecule has 2 bridgehead atoms. The van der Waals surface area contributed by atoms with Crippen molar-refractivity contribution in [1.82, 2.24) is 4.90 Å². The van der Waals surface area contributed by atoms with Crippen LogP contribution in [0.2, 0.25) is 0 Å². The van der Waals surface area contributed by atoms with E-state index in [1.54, 1.807) is 0 Å². The summed E-state index contributed by atoms with van der Waals surface area (Å²) in [6, 6.07) is 0.537. The van der Waals surface area contributed by atoms with Crippen molar-refractivity contribution >= 4 is 5.97 Å². The number of aliphatic carboxylic acids is 1. The topological polar surface area (TPSA) is 40.5 Å². The van der Waals surface area contributed by atoms with Crippen LogP contribution in [0.15, 0.2) is 0 Å². The molecule has 0 aromatic rings. The van der Waals surface area contributed by atoms with E-state index in [-0.39, 0.29) is 0 Å². The van der Waals surface area contributed by atoms with Gasteiger partial charge in [0.1, 0.15) is 5.54 Å². The molecule has 0 amide bonds. The number of fused-ring (bicyclic) bond motifs is 2. The number of nitrogens with zero attached hydrogens (tertiary/aromatic N) is 1. The first-order valence-corrected chi connectivity index (χ1v) is 4.63. The summed E-state index contributed by atoms with van der Waals surface area (Å²) < 4.78 is 0. The summed E-state index contributed by atoms with van der Waals surface area (Å²) in [5.41, 5.74) is -0.497. The van der Waals surface area contributed by atoms with E-state index in [0.717, 1.165) is 25.7 Å². The average molecular weight is 169 g/mol. The van der Waals surface area contributed by atoms with E-state index in [2.05, 4.69) is 4.90 Å². The Morgan fingerprint density at radius 3 is 2.83 bits per heavy atom. The molecule has 0 spiro atoms. The van der Waals surface area contributed by atoms with Crippen LogP contribution in [0.4, 0.5) is 0 Å². The summed E-state index contributed by atoms with van der Waals surface area (Å²) in [6.07, 6.45) is 5.04. The molecule has 68 valence electrons. The van der Waals surface area contributed by atoms with Crippen molar-refractivity contribution in [1.29, 1.82) is 0 Å². The Hall–Kier alpha value is -0.570. The van der Waals surface area contributed by atoms with Crippen LogP contribution in [-0.4, -0.2) is 34.6 Å². The summed E-state index contributed by atoms with van der Waals surface area (Å²) in [5.74, 6) is -0.618. The second-order valence-corrected chi connectivity index (χ2v) is 4.03. The molecule has 0 aromatic carbocycles. The predicted molar refractivity (Wildman–Crippen MR) is 45.0 cm³/mol. The smallest absolute Gasteiger partial charge is 0.324 e. The maximum Gasteiger partial charge on any atom is 0.324 e. The summed E-state index contributed by atoms with van der Waals surface area (Å²) in [5, 5.41) is 9.14. The van der Waals surface area contributed by atoms with E-state index in [9.17, 15) is 4.79 Å². The molecule has 0 aromatic heterocycles. The minimum Gasteiger partial charge on any atom is -0.480 e. The fraction of sp³-hybridized carbons (Fsp3) is 0.889. The van der Waals surface area contributed by atoms with E-state index in [1.807, 2.05) is 7.05 Å². The SMILES string of the molecule is CN1[C@@H]2CCC[C@@]1(C(=O)O)CC2. The van der Waals surface area contributed by atoms with Crippen LogP contribution >= 0.6 is 0 Å². The highest BCUT2D eigenvalue weighted by Gasteiger charge is 2.51. The number of carbonyl (C=O) groups is 1. The Morgan fingerprint density at radius 2 is 2.25 bits per heavy atom. The number of piperidine rings is 1. The van der Waals surface area contributed by atoms with Crippen LogP contribution in [-0.2, 0) is 4.79 Å². The number of carboxylic acid groups (broad SMARTS) is 1. The minimum absolute atomic E-state index is 0.497. The fourth-order valence-electron chi connectivity index (χ4n) is 2.76. The maximum atomic E-state index is 11.1. The van der Waals surface area contributed by atoms with Gasteiger partial charge in [-0.1, -0.05) is 0 Å². The van der Waals surface area contributed by atoms with Crippen LogP contribution in [0.1, 0.15) is 32.1 Å². The third kappa shape index (κ3) is 0.829. The van der Waals surface area contributed by atoms with Gasteiger partial charge >= 0.3 is 5.97 Å². The summed E-state index contributed by atoms with van der Waals surface area (Å²) in [7, 11) is 1.96. The van der Waals surface area contributed by atoms with Crippen molar-refractivity contribution < 1.29 is 9.90 Å². The number of rotatable bonds is 1. The van der Waals surface area contributed by atoms with Crippen molar-refractivity contribution in [3.63, 3.8) is 0 Å². The maximum absolute atomic E-state index is 11.1. The van der Waals surface area contributed by atoms with Gasteiger partial charge in [0.2, 0.25) is 0 Å². The van der Waals surface area contributed by atoms with E-state index in [0.29, 0.717) is 6.04 Å². The number of hydrogen-bond acceptors (Lipinski definition) is 2. The van der Waals surface area contributed by atoms with E-state index >= 15 is 0 Å². The van der Waals surface area contributed by atoms with Crippen molar-refractivity contribution in [2.45, 2.75) is 43.7 Å².